The molecule has 6 nitrogen and oxygen atoms in total. The molecule has 0 aliphatic carbocycles. The Morgan fingerprint density at radius 1 is 1.17 bits per heavy atom. The van der Waals surface area contributed by atoms with E-state index in [1.54, 1.807) is 24.4 Å². The van der Waals surface area contributed by atoms with Gasteiger partial charge in [0.05, 0.1) is 18.3 Å². The maximum atomic E-state index is 12.6. The summed E-state index contributed by atoms with van der Waals surface area (Å²) in [5.41, 5.74) is 1.72. The second kappa shape index (κ2) is 7.50. The Morgan fingerprint density at radius 3 is 2.83 bits per heavy atom. The van der Waals surface area contributed by atoms with E-state index < -0.39 is 6.04 Å². The summed E-state index contributed by atoms with van der Waals surface area (Å²) in [5, 5.41) is 2.75. The normalized spacial score (nSPS) is 19.2. The maximum absolute atomic E-state index is 12.6. The molecule has 1 N–H and O–H groups in total. The maximum Gasteiger partial charge on any atom is 0.316 e. The fraction of sp³-hybridized carbons (Fsp3) is 0.222. The average molecular weight is 323 g/mol. The zero-order valence-electron chi connectivity index (χ0n) is 13.0. The third-order valence-corrected chi connectivity index (χ3v) is 3.63. The van der Waals surface area contributed by atoms with Gasteiger partial charge in [-0.2, -0.15) is 4.98 Å². The summed E-state index contributed by atoms with van der Waals surface area (Å²) in [7, 11) is 0. The smallest absolute Gasteiger partial charge is 0.316 e. The number of nitrogens with zero attached hydrogens (tertiary/aromatic N) is 2. The number of carbonyl (C=O) groups excluding carboxylic acids is 2. The van der Waals surface area contributed by atoms with Crippen LogP contribution in [-0.4, -0.2) is 34.8 Å². The molecule has 3 rings (SSSR count). The van der Waals surface area contributed by atoms with Crippen LogP contribution in [0.5, 0.6) is 6.01 Å². The van der Waals surface area contributed by atoms with Crippen LogP contribution in [0.2, 0.25) is 0 Å². The second-order valence-electron chi connectivity index (χ2n) is 5.33. The van der Waals surface area contributed by atoms with Crippen LogP contribution in [0.4, 0.5) is 0 Å². The Morgan fingerprint density at radius 2 is 2.00 bits per heavy atom. The van der Waals surface area contributed by atoms with Gasteiger partial charge in [0.2, 0.25) is 0 Å². The molecule has 6 heteroatoms. The van der Waals surface area contributed by atoms with E-state index in [0.717, 1.165) is 6.29 Å². The first kappa shape index (κ1) is 15.9. The van der Waals surface area contributed by atoms with Crippen molar-refractivity contribution >= 4 is 12.2 Å². The monoisotopic (exact) mass is 323 g/mol. The number of aromatic nitrogens is 2. The third kappa shape index (κ3) is 3.65. The van der Waals surface area contributed by atoms with Crippen molar-refractivity contribution < 1.29 is 14.3 Å². The summed E-state index contributed by atoms with van der Waals surface area (Å²) < 4.78 is 5.54. The van der Waals surface area contributed by atoms with E-state index >= 15 is 0 Å². The summed E-state index contributed by atoms with van der Waals surface area (Å²) in [5.74, 6) is -0.311. The summed E-state index contributed by atoms with van der Waals surface area (Å²) in [6.45, 7) is 0.444. The molecule has 1 aliphatic rings. The highest BCUT2D eigenvalue weighted by Gasteiger charge is 2.17. The van der Waals surface area contributed by atoms with Gasteiger partial charge in [-0.1, -0.05) is 30.4 Å². The fourth-order valence-corrected chi connectivity index (χ4v) is 2.44. The van der Waals surface area contributed by atoms with E-state index in [2.05, 4.69) is 15.3 Å². The van der Waals surface area contributed by atoms with Gasteiger partial charge < -0.3 is 14.8 Å². The van der Waals surface area contributed by atoms with Gasteiger partial charge in [-0.25, -0.2) is 4.98 Å². The molecule has 1 atom stereocenters. The van der Waals surface area contributed by atoms with Crippen LogP contribution in [-0.2, 0) is 4.79 Å². The predicted octanol–water partition coefficient (Wildman–Crippen LogP) is 2.17. The molecule has 24 heavy (non-hydrogen) atoms. The molecule has 1 aliphatic heterocycles. The van der Waals surface area contributed by atoms with Crippen molar-refractivity contribution in [2.45, 2.75) is 18.9 Å². The van der Waals surface area contributed by atoms with E-state index in [1.165, 1.54) is 0 Å². The topological polar surface area (TPSA) is 81.2 Å². The molecule has 0 saturated carbocycles. The lowest BCUT2D eigenvalue weighted by Gasteiger charge is -2.14. The van der Waals surface area contributed by atoms with Crippen molar-refractivity contribution in [3.05, 3.63) is 54.2 Å². The number of carbonyl (C=O) groups is 2. The van der Waals surface area contributed by atoms with Gasteiger partial charge in [0, 0.05) is 17.3 Å². The van der Waals surface area contributed by atoms with Crippen molar-refractivity contribution in [2.75, 3.05) is 6.61 Å². The van der Waals surface area contributed by atoms with Crippen LogP contribution in [0.25, 0.3) is 11.3 Å². The molecule has 122 valence electrons. The van der Waals surface area contributed by atoms with Crippen molar-refractivity contribution in [3.63, 3.8) is 0 Å². The minimum atomic E-state index is -0.563. The van der Waals surface area contributed by atoms with Gasteiger partial charge in [0.1, 0.15) is 6.29 Å². The number of nitrogens with one attached hydrogen (secondary N) is 1. The van der Waals surface area contributed by atoms with E-state index in [9.17, 15) is 9.59 Å². The van der Waals surface area contributed by atoms with Crippen molar-refractivity contribution in [2.24, 2.45) is 0 Å². The number of ether oxygens (including phenoxy) is 1. The predicted molar refractivity (Wildman–Crippen MR) is 88.7 cm³/mol. The van der Waals surface area contributed by atoms with Crippen LogP contribution in [0.3, 0.4) is 0 Å². The van der Waals surface area contributed by atoms with E-state index in [4.69, 9.17) is 4.74 Å². The van der Waals surface area contributed by atoms with Crippen molar-refractivity contribution in [3.8, 4) is 17.3 Å². The molecule has 1 amide bonds. The van der Waals surface area contributed by atoms with Crippen LogP contribution in [0.15, 0.2) is 48.7 Å². The molecule has 0 radical (unpaired) electrons. The minimum Gasteiger partial charge on any atom is -0.463 e. The van der Waals surface area contributed by atoms with Crippen LogP contribution in [0, 0.1) is 0 Å². The largest absolute Gasteiger partial charge is 0.463 e. The zero-order chi connectivity index (χ0) is 16.8. The second-order valence-corrected chi connectivity index (χ2v) is 5.33. The van der Waals surface area contributed by atoms with E-state index in [0.29, 0.717) is 36.3 Å². The third-order valence-electron chi connectivity index (χ3n) is 3.63. The molecule has 2 bridgehead atoms. The Bertz CT molecular complexity index is 774. The van der Waals surface area contributed by atoms with E-state index in [-0.39, 0.29) is 11.9 Å². The van der Waals surface area contributed by atoms with Crippen LogP contribution >= 0.6 is 0 Å². The Hall–Kier alpha value is -3.02. The minimum absolute atomic E-state index is 0.277. The van der Waals surface area contributed by atoms with Crippen LogP contribution < -0.4 is 10.1 Å². The lowest BCUT2D eigenvalue weighted by molar-refractivity contribution is -0.109. The molecule has 2 aromatic rings. The number of fused-ring (bicyclic) bond motifs is 4. The molecule has 0 unspecified atom stereocenters. The average Bonchev–Trinajstić information content (AvgIpc) is 2.63. The number of amides is 1. The lowest BCUT2D eigenvalue weighted by atomic mass is 10.0. The number of hydrogen-bond acceptors (Lipinski definition) is 5. The van der Waals surface area contributed by atoms with Gasteiger partial charge in [-0.3, -0.25) is 4.79 Å². The molecular weight excluding hydrogens is 306 g/mol. The van der Waals surface area contributed by atoms with Crippen molar-refractivity contribution in [1.29, 1.82) is 0 Å². The first-order chi connectivity index (χ1) is 11.8. The number of benzene rings is 1. The Kier molecular flexibility index (Phi) is 4.96. The first-order valence-electron chi connectivity index (χ1n) is 7.74. The van der Waals surface area contributed by atoms with Gasteiger partial charge in [-0.15, -0.1) is 0 Å². The molecule has 1 aromatic heterocycles. The standard InChI is InChI=1S/C18H17N3O3/c22-12-13-6-2-1-5-11-24-18-19-10-9-16(21-18)14-7-3-4-8-15(14)17(23)20-13/h1-4,7-10,12-13H,5-6,11H2,(H,20,23)/b2-1-/t13-/m0/s1. The highest BCUT2D eigenvalue weighted by Crippen LogP contribution is 2.23. The number of hydrogen-bond donors (Lipinski definition) is 1. The van der Waals surface area contributed by atoms with Gasteiger partial charge in [0.25, 0.3) is 5.91 Å². The quantitative estimate of drug-likeness (QED) is 0.642. The lowest BCUT2D eigenvalue weighted by Crippen LogP contribution is -2.35. The van der Waals surface area contributed by atoms with Crippen LogP contribution in [0.1, 0.15) is 23.2 Å². The summed E-state index contributed by atoms with van der Waals surface area (Å²) in [6.07, 6.45) is 7.23. The molecule has 0 fully saturated rings. The van der Waals surface area contributed by atoms with Crippen molar-refractivity contribution in [1.82, 2.24) is 15.3 Å². The Labute approximate surface area is 139 Å². The summed E-state index contributed by atoms with van der Waals surface area (Å²) in [6, 6.07) is 8.56. The highest BCUT2D eigenvalue weighted by molar-refractivity contribution is 6.01. The first-order valence-corrected chi connectivity index (χ1v) is 7.74. The molecule has 0 spiro atoms. The van der Waals surface area contributed by atoms with Gasteiger partial charge in [-0.05, 0) is 25.0 Å². The highest BCUT2D eigenvalue weighted by atomic mass is 16.5. The SMILES string of the molecule is O=C[C@@H]1C/C=C\CCOc2nccc(n2)-c2ccccc2C(=O)N1. The molecule has 0 saturated heterocycles. The number of aldehydes is 1. The Balaban J connectivity index is 2.03. The zero-order valence-corrected chi connectivity index (χ0v) is 13.0. The molecular formula is C18H17N3O3. The summed E-state index contributed by atoms with van der Waals surface area (Å²) >= 11 is 0. The van der Waals surface area contributed by atoms with E-state index in [1.807, 2.05) is 24.3 Å². The van der Waals surface area contributed by atoms with Gasteiger partial charge >= 0.3 is 6.01 Å². The summed E-state index contributed by atoms with van der Waals surface area (Å²) in [4.78, 5) is 32.2. The van der Waals surface area contributed by atoms with Gasteiger partial charge in [0.15, 0.2) is 0 Å². The fourth-order valence-electron chi connectivity index (χ4n) is 2.44. The molecule has 2 heterocycles. The number of rotatable bonds is 1. The molecule has 1 aromatic carbocycles.